The summed E-state index contributed by atoms with van der Waals surface area (Å²) in [6, 6.07) is 0.590. The standard InChI is InChI=1S/C12H24N2O2/c1-5-16-11(15)13-12(4)6-8-14(9-7-12)10(2)3/h10H,5-9H2,1-4H3,(H,13,15). The van der Waals surface area contributed by atoms with Gasteiger partial charge in [0.1, 0.15) is 0 Å². The molecule has 1 aliphatic rings. The molecule has 4 heteroatoms. The average molecular weight is 228 g/mol. The topological polar surface area (TPSA) is 41.6 Å². The highest BCUT2D eigenvalue weighted by Gasteiger charge is 2.32. The molecule has 0 saturated carbocycles. The van der Waals surface area contributed by atoms with Crippen molar-refractivity contribution in [3.05, 3.63) is 0 Å². The Balaban J connectivity index is 2.40. The first kappa shape index (κ1) is 13.3. The van der Waals surface area contributed by atoms with Crippen molar-refractivity contribution >= 4 is 6.09 Å². The molecular formula is C12H24N2O2. The van der Waals surface area contributed by atoms with Crippen LogP contribution in [-0.4, -0.2) is 42.3 Å². The number of rotatable bonds is 3. The molecule has 0 radical (unpaired) electrons. The molecule has 1 fully saturated rings. The van der Waals surface area contributed by atoms with Gasteiger partial charge in [0.2, 0.25) is 0 Å². The van der Waals surface area contributed by atoms with E-state index >= 15 is 0 Å². The van der Waals surface area contributed by atoms with Crippen LogP contribution in [0.4, 0.5) is 4.79 Å². The zero-order chi connectivity index (χ0) is 12.2. The predicted molar refractivity (Wildman–Crippen MR) is 64.5 cm³/mol. The van der Waals surface area contributed by atoms with Crippen LogP contribution in [0.15, 0.2) is 0 Å². The van der Waals surface area contributed by atoms with Gasteiger partial charge in [0.15, 0.2) is 0 Å². The van der Waals surface area contributed by atoms with Crippen LogP contribution in [0.2, 0.25) is 0 Å². The molecule has 1 aliphatic heterocycles. The molecule has 1 amide bonds. The fraction of sp³-hybridized carbons (Fsp3) is 0.917. The number of carbonyl (C=O) groups is 1. The number of ether oxygens (including phenoxy) is 1. The van der Waals surface area contributed by atoms with Crippen LogP contribution in [0.25, 0.3) is 0 Å². The molecule has 0 aliphatic carbocycles. The van der Waals surface area contributed by atoms with Crippen molar-refractivity contribution in [3.8, 4) is 0 Å². The van der Waals surface area contributed by atoms with Gasteiger partial charge in [-0.1, -0.05) is 0 Å². The molecule has 0 aromatic rings. The average Bonchev–Trinajstić information content (AvgIpc) is 2.17. The smallest absolute Gasteiger partial charge is 0.407 e. The molecule has 0 bridgehead atoms. The quantitative estimate of drug-likeness (QED) is 0.803. The van der Waals surface area contributed by atoms with Gasteiger partial charge in [-0.25, -0.2) is 4.79 Å². The van der Waals surface area contributed by atoms with E-state index < -0.39 is 0 Å². The Morgan fingerprint density at radius 2 is 2.00 bits per heavy atom. The number of alkyl carbamates (subject to hydrolysis) is 1. The predicted octanol–water partition coefficient (Wildman–Crippen LogP) is 2.00. The summed E-state index contributed by atoms with van der Waals surface area (Å²) in [6.45, 7) is 10.9. The molecule has 1 heterocycles. The number of piperidine rings is 1. The maximum Gasteiger partial charge on any atom is 0.407 e. The highest BCUT2D eigenvalue weighted by atomic mass is 16.5. The number of nitrogens with zero attached hydrogens (tertiary/aromatic N) is 1. The molecule has 16 heavy (non-hydrogen) atoms. The van der Waals surface area contributed by atoms with Crippen molar-refractivity contribution in [1.29, 1.82) is 0 Å². The van der Waals surface area contributed by atoms with Gasteiger partial charge in [-0.15, -0.1) is 0 Å². The van der Waals surface area contributed by atoms with Gasteiger partial charge in [-0.05, 0) is 40.5 Å². The lowest BCUT2D eigenvalue weighted by atomic mass is 9.89. The third kappa shape index (κ3) is 3.67. The minimum absolute atomic E-state index is 0.0996. The Labute approximate surface area is 98.3 Å². The van der Waals surface area contributed by atoms with Crippen LogP contribution in [0.1, 0.15) is 40.5 Å². The van der Waals surface area contributed by atoms with E-state index in [9.17, 15) is 4.79 Å². The van der Waals surface area contributed by atoms with Gasteiger partial charge < -0.3 is 15.0 Å². The highest BCUT2D eigenvalue weighted by Crippen LogP contribution is 2.22. The summed E-state index contributed by atoms with van der Waals surface area (Å²) in [6.07, 6.45) is 1.69. The summed E-state index contributed by atoms with van der Waals surface area (Å²) < 4.78 is 4.92. The Kier molecular flexibility index (Phi) is 4.59. The van der Waals surface area contributed by atoms with Crippen LogP contribution in [-0.2, 0) is 4.74 Å². The van der Waals surface area contributed by atoms with Gasteiger partial charge in [0.05, 0.1) is 6.61 Å². The van der Waals surface area contributed by atoms with Crippen molar-refractivity contribution in [2.24, 2.45) is 0 Å². The number of amides is 1. The Bertz CT molecular complexity index is 233. The zero-order valence-corrected chi connectivity index (χ0v) is 10.9. The summed E-state index contributed by atoms with van der Waals surface area (Å²) in [4.78, 5) is 13.8. The summed E-state index contributed by atoms with van der Waals surface area (Å²) in [5.41, 5.74) is -0.0996. The van der Waals surface area contributed by atoms with Crippen LogP contribution >= 0.6 is 0 Å². The summed E-state index contributed by atoms with van der Waals surface area (Å²) in [5, 5.41) is 2.97. The number of hydrogen-bond acceptors (Lipinski definition) is 3. The van der Waals surface area contributed by atoms with E-state index in [1.54, 1.807) is 0 Å². The lowest BCUT2D eigenvalue weighted by Crippen LogP contribution is -2.54. The molecular weight excluding hydrogens is 204 g/mol. The fourth-order valence-corrected chi connectivity index (χ4v) is 2.07. The maximum atomic E-state index is 11.4. The normalized spacial score (nSPS) is 20.8. The number of likely N-dealkylation sites (tertiary alicyclic amines) is 1. The second-order valence-electron chi connectivity index (χ2n) is 5.04. The highest BCUT2D eigenvalue weighted by molar-refractivity contribution is 5.68. The third-order valence-electron chi connectivity index (χ3n) is 3.31. The molecule has 4 nitrogen and oxygen atoms in total. The summed E-state index contributed by atoms with van der Waals surface area (Å²) in [7, 11) is 0. The van der Waals surface area contributed by atoms with Gasteiger partial charge in [-0.2, -0.15) is 0 Å². The van der Waals surface area contributed by atoms with Crippen LogP contribution in [0.3, 0.4) is 0 Å². The summed E-state index contributed by atoms with van der Waals surface area (Å²) >= 11 is 0. The SMILES string of the molecule is CCOC(=O)NC1(C)CCN(C(C)C)CC1. The van der Waals surface area contributed by atoms with Crippen molar-refractivity contribution in [2.75, 3.05) is 19.7 Å². The number of nitrogens with one attached hydrogen (secondary N) is 1. The van der Waals surface area contributed by atoms with Crippen molar-refractivity contribution < 1.29 is 9.53 Å². The molecule has 1 saturated heterocycles. The second kappa shape index (κ2) is 5.53. The minimum Gasteiger partial charge on any atom is -0.450 e. The van der Waals surface area contributed by atoms with Crippen molar-refractivity contribution in [3.63, 3.8) is 0 Å². The van der Waals surface area contributed by atoms with E-state index in [0.29, 0.717) is 12.6 Å². The molecule has 1 N–H and O–H groups in total. The number of hydrogen-bond donors (Lipinski definition) is 1. The molecule has 1 rings (SSSR count). The van der Waals surface area contributed by atoms with Crippen LogP contribution in [0.5, 0.6) is 0 Å². The third-order valence-corrected chi connectivity index (χ3v) is 3.31. The second-order valence-corrected chi connectivity index (χ2v) is 5.04. The van der Waals surface area contributed by atoms with Gasteiger partial charge in [0.25, 0.3) is 0 Å². The lowest BCUT2D eigenvalue weighted by molar-refractivity contribution is 0.101. The summed E-state index contributed by atoms with van der Waals surface area (Å²) in [5.74, 6) is 0. The Morgan fingerprint density at radius 1 is 1.44 bits per heavy atom. The monoisotopic (exact) mass is 228 g/mol. The number of carbonyl (C=O) groups excluding carboxylic acids is 1. The first-order chi connectivity index (χ1) is 7.47. The molecule has 0 atom stereocenters. The molecule has 0 aromatic carbocycles. The van der Waals surface area contributed by atoms with Crippen LogP contribution < -0.4 is 5.32 Å². The van der Waals surface area contributed by atoms with Gasteiger partial charge in [-0.3, -0.25) is 0 Å². The van der Waals surface area contributed by atoms with E-state index in [1.165, 1.54) is 0 Å². The first-order valence-corrected chi connectivity index (χ1v) is 6.16. The zero-order valence-electron chi connectivity index (χ0n) is 10.9. The molecule has 0 spiro atoms. The van der Waals surface area contributed by atoms with E-state index in [4.69, 9.17) is 4.74 Å². The molecule has 0 aromatic heterocycles. The van der Waals surface area contributed by atoms with Crippen molar-refractivity contribution in [1.82, 2.24) is 10.2 Å². The Morgan fingerprint density at radius 3 is 2.44 bits per heavy atom. The maximum absolute atomic E-state index is 11.4. The first-order valence-electron chi connectivity index (χ1n) is 6.16. The van der Waals surface area contributed by atoms with Crippen LogP contribution in [0, 0.1) is 0 Å². The van der Waals surface area contributed by atoms with E-state index in [2.05, 4.69) is 31.0 Å². The fourth-order valence-electron chi connectivity index (χ4n) is 2.07. The minimum atomic E-state index is -0.289. The van der Waals surface area contributed by atoms with Gasteiger partial charge in [0, 0.05) is 24.7 Å². The van der Waals surface area contributed by atoms with Crippen molar-refractivity contribution in [2.45, 2.75) is 52.1 Å². The largest absolute Gasteiger partial charge is 0.450 e. The molecule has 0 unspecified atom stereocenters. The molecule has 94 valence electrons. The van der Waals surface area contributed by atoms with Gasteiger partial charge >= 0.3 is 6.09 Å². The van der Waals surface area contributed by atoms with E-state index in [-0.39, 0.29) is 11.6 Å². The lowest BCUT2D eigenvalue weighted by Gasteiger charge is -2.41. The van der Waals surface area contributed by atoms with E-state index in [1.807, 2.05) is 6.92 Å². The van der Waals surface area contributed by atoms with E-state index in [0.717, 1.165) is 25.9 Å². The Hall–Kier alpha value is -0.770.